The molecule has 0 unspecified atom stereocenters. The molecule has 0 bridgehead atoms. The van der Waals surface area contributed by atoms with Crippen molar-refractivity contribution in [2.45, 2.75) is 27.0 Å². The first-order chi connectivity index (χ1) is 9.47. The molecule has 2 rings (SSSR count). The molecular formula is C14H17F2N3O. The van der Waals surface area contributed by atoms with Gasteiger partial charge in [-0.25, -0.2) is 0 Å². The number of benzene rings is 1. The second-order valence-corrected chi connectivity index (χ2v) is 4.53. The SMILES string of the molecule is Cc1nn(C)c(C)c1CNc1ccc(OC(F)F)cc1. The molecule has 108 valence electrons. The van der Waals surface area contributed by atoms with Crippen molar-refractivity contribution in [2.24, 2.45) is 7.05 Å². The number of aromatic nitrogens is 2. The zero-order chi connectivity index (χ0) is 14.7. The lowest BCUT2D eigenvalue weighted by atomic mass is 10.2. The van der Waals surface area contributed by atoms with Crippen LogP contribution in [0.15, 0.2) is 24.3 Å². The van der Waals surface area contributed by atoms with E-state index in [4.69, 9.17) is 0 Å². The van der Waals surface area contributed by atoms with Crippen molar-refractivity contribution in [3.8, 4) is 5.75 Å². The summed E-state index contributed by atoms with van der Waals surface area (Å²) in [7, 11) is 1.91. The number of nitrogens with one attached hydrogen (secondary N) is 1. The molecule has 1 heterocycles. The lowest BCUT2D eigenvalue weighted by Crippen LogP contribution is -2.03. The van der Waals surface area contributed by atoms with Crippen LogP contribution in [0.4, 0.5) is 14.5 Å². The molecule has 0 saturated heterocycles. The normalized spacial score (nSPS) is 10.9. The van der Waals surface area contributed by atoms with Crippen LogP contribution >= 0.6 is 0 Å². The summed E-state index contributed by atoms with van der Waals surface area (Å²) in [5, 5.41) is 7.58. The van der Waals surface area contributed by atoms with Crippen LogP contribution in [0, 0.1) is 13.8 Å². The maximum atomic E-state index is 12.0. The highest BCUT2D eigenvalue weighted by Gasteiger charge is 2.09. The third-order valence-electron chi connectivity index (χ3n) is 3.21. The summed E-state index contributed by atoms with van der Waals surface area (Å²) < 4.78 is 30.2. The quantitative estimate of drug-likeness (QED) is 0.914. The van der Waals surface area contributed by atoms with E-state index in [1.165, 1.54) is 12.1 Å². The topological polar surface area (TPSA) is 39.1 Å². The van der Waals surface area contributed by atoms with Crippen molar-refractivity contribution in [3.05, 3.63) is 41.2 Å². The Morgan fingerprint density at radius 2 is 1.90 bits per heavy atom. The van der Waals surface area contributed by atoms with Gasteiger partial charge in [0.2, 0.25) is 0 Å². The van der Waals surface area contributed by atoms with Gasteiger partial charge in [-0.05, 0) is 38.1 Å². The molecule has 0 radical (unpaired) electrons. The minimum absolute atomic E-state index is 0.152. The van der Waals surface area contributed by atoms with E-state index in [1.54, 1.807) is 12.1 Å². The average Bonchev–Trinajstić information content (AvgIpc) is 2.62. The molecule has 0 aliphatic rings. The van der Waals surface area contributed by atoms with Gasteiger partial charge in [0.15, 0.2) is 0 Å². The molecule has 4 nitrogen and oxygen atoms in total. The molecule has 20 heavy (non-hydrogen) atoms. The fourth-order valence-electron chi connectivity index (χ4n) is 2.02. The zero-order valence-corrected chi connectivity index (χ0v) is 11.7. The zero-order valence-electron chi connectivity index (χ0n) is 11.7. The van der Waals surface area contributed by atoms with E-state index in [9.17, 15) is 8.78 Å². The van der Waals surface area contributed by atoms with Crippen LogP contribution < -0.4 is 10.1 Å². The summed E-state index contributed by atoms with van der Waals surface area (Å²) in [5.74, 6) is 0.152. The molecule has 0 saturated carbocycles. The third kappa shape index (κ3) is 3.26. The standard InChI is InChI=1S/C14H17F2N3O/c1-9-13(10(2)19(3)18-9)8-17-11-4-6-12(7-5-11)20-14(15)16/h4-7,14,17H,8H2,1-3H3. The van der Waals surface area contributed by atoms with Crippen molar-refractivity contribution in [3.63, 3.8) is 0 Å². The number of halogens is 2. The van der Waals surface area contributed by atoms with Crippen molar-refractivity contribution < 1.29 is 13.5 Å². The molecule has 1 aromatic heterocycles. The van der Waals surface area contributed by atoms with Crippen molar-refractivity contribution in [1.82, 2.24) is 9.78 Å². The Bertz CT molecular complexity index is 579. The number of aryl methyl sites for hydroxylation is 2. The summed E-state index contributed by atoms with van der Waals surface area (Å²) >= 11 is 0. The van der Waals surface area contributed by atoms with Gasteiger partial charge in [0.25, 0.3) is 0 Å². The number of alkyl halides is 2. The van der Waals surface area contributed by atoms with Crippen LogP contribution in [0.1, 0.15) is 17.0 Å². The van der Waals surface area contributed by atoms with Crippen LogP contribution in [0.5, 0.6) is 5.75 Å². The molecule has 0 aliphatic carbocycles. The summed E-state index contributed by atoms with van der Waals surface area (Å²) in [5.41, 5.74) is 4.07. The largest absolute Gasteiger partial charge is 0.435 e. The minimum atomic E-state index is -2.80. The third-order valence-corrected chi connectivity index (χ3v) is 3.21. The van der Waals surface area contributed by atoms with Gasteiger partial charge in [-0.2, -0.15) is 13.9 Å². The summed E-state index contributed by atoms with van der Waals surface area (Å²) in [4.78, 5) is 0. The Hall–Kier alpha value is -2.11. The second-order valence-electron chi connectivity index (χ2n) is 4.53. The first kappa shape index (κ1) is 14.3. The van der Waals surface area contributed by atoms with E-state index in [-0.39, 0.29) is 5.75 Å². The highest BCUT2D eigenvalue weighted by molar-refractivity contribution is 5.47. The fourth-order valence-corrected chi connectivity index (χ4v) is 2.02. The van der Waals surface area contributed by atoms with Gasteiger partial charge in [-0.15, -0.1) is 0 Å². The van der Waals surface area contributed by atoms with E-state index in [1.807, 2.05) is 25.6 Å². The summed E-state index contributed by atoms with van der Waals surface area (Å²) in [6.45, 7) is 1.82. The second kappa shape index (κ2) is 5.90. The van der Waals surface area contributed by atoms with Crippen molar-refractivity contribution in [2.75, 3.05) is 5.32 Å². The first-order valence-corrected chi connectivity index (χ1v) is 6.25. The number of rotatable bonds is 5. The number of anilines is 1. The van der Waals surface area contributed by atoms with Gasteiger partial charge in [-0.1, -0.05) is 0 Å². The fraction of sp³-hybridized carbons (Fsp3) is 0.357. The predicted molar refractivity (Wildman–Crippen MR) is 73.1 cm³/mol. The van der Waals surface area contributed by atoms with E-state index >= 15 is 0 Å². The predicted octanol–water partition coefficient (Wildman–Crippen LogP) is 3.25. The molecule has 0 fully saturated rings. The molecule has 0 spiro atoms. The summed E-state index contributed by atoms with van der Waals surface area (Å²) in [6.07, 6.45) is 0. The molecule has 0 atom stereocenters. The maximum absolute atomic E-state index is 12.0. The van der Waals surface area contributed by atoms with Crippen LogP contribution in [-0.4, -0.2) is 16.4 Å². The maximum Gasteiger partial charge on any atom is 0.387 e. The van der Waals surface area contributed by atoms with Crippen LogP contribution in [0.25, 0.3) is 0 Å². The molecule has 0 aliphatic heterocycles. The van der Waals surface area contributed by atoms with E-state index in [2.05, 4.69) is 15.2 Å². The van der Waals surface area contributed by atoms with Gasteiger partial charge < -0.3 is 10.1 Å². The Labute approximate surface area is 116 Å². The highest BCUT2D eigenvalue weighted by atomic mass is 19.3. The van der Waals surface area contributed by atoms with Gasteiger partial charge in [0, 0.05) is 30.5 Å². The number of hydrogen-bond donors (Lipinski definition) is 1. The van der Waals surface area contributed by atoms with Gasteiger partial charge in [0.05, 0.1) is 5.69 Å². The van der Waals surface area contributed by atoms with Gasteiger partial charge in [0.1, 0.15) is 5.75 Å². The minimum Gasteiger partial charge on any atom is -0.435 e. The average molecular weight is 281 g/mol. The lowest BCUT2D eigenvalue weighted by Gasteiger charge is -2.09. The lowest BCUT2D eigenvalue weighted by molar-refractivity contribution is -0.0498. The smallest absolute Gasteiger partial charge is 0.387 e. The van der Waals surface area contributed by atoms with E-state index < -0.39 is 6.61 Å². The van der Waals surface area contributed by atoms with Crippen molar-refractivity contribution in [1.29, 1.82) is 0 Å². The Morgan fingerprint density at radius 1 is 1.25 bits per heavy atom. The van der Waals surface area contributed by atoms with Gasteiger partial charge in [-0.3, -0.25) is 4.68 Å². The van der Waals surface area contributed by atoms with Crippen LogP contribution in [-0.2, 0) is 13.6 Å². The number of nitrogens with zero attached hydrogens (tertiary/aromatic N) is 2. The van der Waals surface area contributed by atoms with Gasteiger partial charge >= 0.3 is 6.61 Å². The Kier molecular flexibility index (Phi) is 4.22. The molecule has 1 N–H and O–H groups in total. The van der Waals surface area contributed by atoms with E-state index in [0.717, 1.165) is 22.6 Å². The summed E-state index contributed by atoms with van der Waals surface area (Å²) in [6, 6.07) is 6.44. The molecule has 0 amide bonds. The Morgan fingerprint density at radius 3 is 2.40 bits per heavy atom. The molecule has 6 heteroatoms. The van der Waals surface area contributed by atoms with E-state index in [0.29, 0.717) is 6.54 Å². The number of ether oxygens (including phenoxy) is 1. The van der Waals surface area contributed by atoms with Crippen molar-refractivity contribution >= 4 is 5.69 Å². The highest BCUT2D eigenvalue weighted by Crippen LogP contribution is 2.19. The van der Waals surface area contributed by atoms with Crippen LogP contribution in [0.2, 0.25) is 0 Å². The molecular weight excluding hydrogens is 264 g/mol. The first-order valence-electron chi connectivity index (χ1n) is 6.25. The van der Waals surface area contributed by atoms with Crippen LogP contribution in [0.3, 0.4) is 0 Å². The Balaban J connectivity index is 2.00. The monoisotopic (exact) mass is 281 g/mol. The molecule has 1 aromatic carbocycles. The molecule has 2 aromatic rings. The number of hydrogen-bond acceptors (Lipinski definition) is 3.